The summed E-state index contributed by atoms with van der Waals surface area (Å²) in [5.74, 6) is 2.58. The van der Waals surface area contributed by atoms with Crippen LogP contribution in [0, 0.1) is 0 Å². The highest BCUT2D eigenvalue weighted by Gasteiger charge is 2.16. The molecule has 0 saturated carbocycles. The van der Waals surface area contributed by atoms with Crippen LogP contribution in [0.4, 0.5) is 0 Å². The number of hydrogen-bond acceptors (Lipinski definition) is 6. The van der Waals surface area contributed by atoms with E-state index in [4.69, 9.17) is 14.2 Å². The molecule has 1 heterocycles. The van der Waals surface area contributed by atoms with Crippen molar-refractivity contribution in [2.75, 3.05) is 49.0 Å². The number of ether oxygens (including phenoxy) is 3. The van der Waals surface area contributed by atoms with Crippen LogP contribution in [0.3, 0.4) is 0 Å². The lowest BCUT2D eigenvalue weighted by molar-refractivity contribution is 0.302. The maximum atomic E-state index is 5.42. The predicted molar refractivity (Wildman–Crippen MR) is 130 cm³/mol. The van der Waals surface area contributed by atoms with Crippen molar-refractivity contribution in [2.45, 2.75) is 12.6 Å². The summed E-state index contributed by atoms with van der Waals surface area (Å²) >= 11 is 1.76. The third kappa shape index (κ3) is 6.93. The third-order valence-corrected chi connectivity index (χ3v) is 5.34. The van der Waals surface area contributed by atoms with Gasteiger partial charge in [-0.15, -0.1) is 35.3 Å². The van der Waals surface area contributed by atoms with Gasteiger partial charge in [-0.05, 0) is 43.2 Å². The molecule has 0 fully saturated rings. The van der Waals surface area contributed by atoms with E-state index in [-0.39, 0.29) is 30.0 Å². The first kappa shape index (κ1) is 25.3. The number of methoxy groups -OCH3 is 3. The predicted octanol–water partition coefficient (Wildman–Crippen LogP) is 3.36. The summed E-state index contributed by atoms with van der Waals surface area (Å²) in [6.45, 7) is 1.32. The number of thiophene rings is 1. The Hall–Kier alpha value is -1.72. The molecule has 2 rings (SSSR count). The van der Waals surface area contributed by atoms with E-state index < -0.39 is 0 Å². The average Bonchev–Trinajstić information content (AvgIpc) is 3.23. The molecule has 7 nitrogen and oxygen atoms in total. The van der Waals surface area contributed by atoms with Crippen LogP contribution in [0.1, 0.15) is 16.5 Å². The fourth-order valence-corrected chi connectivity index (χ4v) is 3.78. The molecule has 29 heavy (non-hydrogen) atoms. The fraction of sp³-hybridized carbons (Fsp3) is 0.450. The molecular formula is C20H31IN4O3S. The molecule has 0 bridgehead atoms. The highest BCUT2D eigenvalue weighted by Crippen LogP contribution is 2.38. The molecule has 1 atom stereocenters. The van der Waals surface area contributed by atoms with Gasteiger partial charge in [0.25, 0.3) is 0 Å². The van der Waals surface area contributed by atoms with Gasteiger partial charge in [0.2, 0.25) is 5.75 Å². The number of nitrogens with one attached hydrogen (secondary N) is 2. The molecule has 9 heteroatoms. The van der Waals surface area contributed by atoms with Crippen LogP contribution in [-0.4, -0.2) is 59.9 Å². The topological polar surface area (TPSA) is 67.4 Å². The van der Waals surface area contributed by atoms with Gasteiger partial charge in [0.05, 0.1) is 27.4 Å². The normalized spacial score (nSPS) is 12.2. The lowest BCUT2D eigenvalue weighted by atomic mass is 10.2. The van der Waals surface area contributed by atoms with Crippen molar-refractivity contribution in [2.24, 2.45) is 4.99 Å². The van der Waals surface area contributed by atoms with Crippen molar-refractivity contribution in [3.63, 3.8) is 0 Å². The van der Waals surface area contributed by atoms with E-state index in [0.29, 0.717) is 23.8 Å². The van der Waals surface area contributed by atoms with Crippen molar-refractivity contribution in [3.8, 4) is 17.2 Å². The van der Waals surface area contributed by atoms with E-state index in [2.05, 4.69) is 52.1 Å². The number of nitrogens with zero attached hydrogens (tertiary/aromatic N) is 2. The Morgan fingerprint density at radius 1 is 1.10 bits per heavy atom. The molecular weight excluding hydrogens is 503 g/mol. The maximum Gasteiger partial charge on any atom is 0.203 e. The van der Waals surface area contributed by atoms with Crippen molar-refractivity contribution in [1.82, 2.24) is 15.5 Å². The van der Waals surface area contributed by atoms with Gasteiger partial charge in [-0.2, -0.15) is 0 Å². The Labute approximate surface area is 194 Å². The highest BCUT2D eigenvalue weighted by molar-refractivity contribution is 14.0. The first-order valence-electron chi connectivity index (χ1n) is 8.97. The minimum absolute atomic E-state index is 0. The van der Waals surface area contributed by atoms with Crippen molar-refractivity contribution >= 4 is 41.3 Å². The molecule has 2 aromatic rings. The summed E-state index contributed by atoms with van der Waals surface area (Å²) in [5.41, 5.74) is 1.000. The Bertz CT molecular complexity index is 744. The minimum atomic E-state index is 0. The van der Waals surface area contributed by atoms with Gasteiger partial charge in [0.15, 0.2) is 17.5 Å². The number of hydrogen-bond donors (Lipinski definition) is 2. The zero-order valence-corrected chi connectivity index (χ0v) is 21.0. The van der Waals surface area contributed by atoms with Gasteiger partial charge in [-0.1, -0.05) is 6.07 Å². The maximum absolute atomic E-state index is 5.42. The van der Waals surface area contributed by atoms with Crippen molar-refractivity contribution in [1.29, 1.82) is 0 Å². The monoisotopic (exact) mass is 534 g/mol. The Morgan fingerprint density at radius 2 is 1.76 bits per heavy atom. The number of halogens is 1. The second-order valence-corrected chi connectivity index (χ2v) is 7.31. The van der Waals surface area contributed by atoms with Crippen LogP contribution in [0.5, 0.6) is 17.2 Å². The zero-order chi connectivity index (χ0) is 20.5. The number of aliphatic imine (C=N–C) groups is 1. The van der Waals surface area contributed by atoms with E-state index >= 15 is 0 Å². The first-order valence-corrected chi connectivity index (χ1v) is 9.85. The van der Waals surface area contributed by atoms with Gasteiger partial charge < -0.3 is 29.7 Å². The second-order valence-electron chi connectivity index (χ2n) is 6.34. The van der Waals surface area contributed by atoms with Gasteiger partial charge in [-0.3, -0.25) is 4.99 Å². The summed E-state index contributed by atoms with van der Waals surface area (Å²) in [5, 5.41) is 8.84. The molecule has 162 valence electrons. The van der Waals surface area contributed by atoms with Crippen LogP contribution in [0.2, 0.25) is 0 Å². The Morgan fingerprint density at radius 3 is 2.21 bits per heavy atom. The van der Waals surface area contributed by atoms with E-state index in [1.807, 2.05) is 12.1 Å². The summed E-state index contributed by atoms with van der Waals surface area (Å²) in [7, 11) is 10.7. The summed E-state index contributed by atoms with van der Waals surface area (Å²) in [4.78, 5) is 7.84. The fourth-order valence-electron chi connectivity index (χ4n) is 2.86. The Balaban J connectivity index is 0.00000420. The van der Waals surface area contributed by atoms with Crippen molar-refractivity contribution in [3.05, 3.63) is 40.1 Å². The molecule has 0 aliphatic carbocycles. The summed E-state index contributed by atoms with van der Waals surface area (Å²) in [6.07, 6.45) is 0. The molecule has 1 aromatic carbocycles. The number of guanidine groups is 1. The minimum Gasteiger partial charge on any atom is -0.493 e. The summed E-state index contributed by atoms with van der Waals surface area (Å²) < 4.78 is 16.2. The SMILES string of the molecule is CN=C(NCc1cc(OC)c(OC)c(OC)c1)NCC(c1cccs1)N(C)C.I. The lowest BCUT2D eigenvalue weighted by Gasteiger charge is -2.24. The largest absolute Gasteiger partial charge is 0.493 e. The smallest absolute Gasteiger partial charge is 0.203 e. The molecule has 0 saturated heterocycles. The molecule has 0 aliphatic heterocycles. The molecule has 1 unspecified atom stereocenters. The van der Waals surface area contributed by atoms with Crippen molar-refractivity contribution < 1.29 is 14.2 Å². The van der Waals surface area contributed by atoms with E-state index in [0.717, 1.165) is 18.1 Å². The Kier molecular flexibility index (Phi) is 11.1. The average molecular weight is 534 g/mol. The number of rotatable bonds is 9. The molecule has 1 aromatic heterocycles. The molecule has 0 amide bonds. The van der Waals surface area contributed by atoms with Gasteiger partial charge in [-0.25, -0.2) is 0 Å². The highest BCUT2D eigenvalue weighted by atomic mass is 127. The van der Waals surface area contributed by atoms with E-state index in [1.54, 1.807) is 39.7 Å². The first-order chi connectivity index (χ1) is 13.5. The number of benzene rings is 1. The molecule has 0 radical (unpaired) electrons. The van der Waals surface area contributed by atoms with Gasteiger partial charge in [0, 0.05) is 25.0 Å². The van der Waals surface area contributed by atoms with Gasteiger partial charge >= 0.3 is 0 Å². The third-order valence-electron chi connectivity index (χ3n) is 4.37. The standard InChI is InChI=1S/C20H30N4O3S.HI/c1-21-20(23-13-15(24(2)3)18-8-7-9-28-18)22-12-14-10-16(25-4)19(27-6)17(11-14)26-5;/h7-11,15H,12-13H2,1-6H3,(H2,21,22,23);1H. The lowest BCUT2D eigenvalue weighted by Crippen LogP contribution is -2.41. The quantitative estimate of drug-likeness (QED) is 0.292. The second kappa shape index (κ2) is 12.8. The summed E-state index contributed by atoms with van der Waals surface area (Å²) in [6, 6.07) is 8.36. The molecule has 0 aliphatic rings. The van der Waals surface area contributed by atoms with E-state index in [1.165, 1.54) is 4.88 Å². The zero-order valence-electron chi connectivity index (χ0n) is 17.8. The van der Waals surface area contributed by atoms with Crippen LogP contribution < -0.4 is 24.8 Å². The van der Waals surface area contributed by atoms with Crippen LogP contribution in [0.25, 0.3) is 0 Å². The molecule has 2 N–H and O–H groups in total. The van der Waals surface area contributed by atoms with Gasteiger partial charge in [0.1, 0.15) is 0 Å². The van der Waals surface area contributed by atoms with E-state index in [9.17, 15) is 0 Å². The van der Waals surface area contributed by atoms with Crippen LogP contribution in [0.15, 0.2) is 34.6 Å². The van der Waals surface area contributed by atoms with Crippen LogP contribution >= 0.6 is 35.3 Å². The van der Waals surface area contributed by atoms with Crippen LogP contribution in [-0.2, 0) is 6.54 Å². The molecule has 0 spiro atoms. The number of likely N-dealkylation sites (N-methyl/N-ethyl adjacent to an activating group) is 1.